The highest BCUT2D eigenvalue weighted by Gasteiger charge is 2.15. The molecule has 1 aromatic carbocycles. The highest BCUT2D eigenvalue weighted by atomic mass is 16.5. The Morgan fingerprint density at radius 3 is 2.76 bits per heavy atom. The first-order chi connectivity index (χ1) is 12.1. The van der Waals surface area contributed by atoms with E-state index in [0.29, 0.717) is 18.0 Å². The van der Waals surface area contributed by atoms with Gasteiger partial charge < -0.3 is 19.1 Å². The molecule has 1 heterocycles. The second kappa shape index (κ2) is 10.1. The van der Waals surface area contributed by atoms with Gasteiger partial charge >= 0.3 is 0 Å². The highest BCUT2D eigenvalue weighted by Crippen LogP contribution is 2.28. The highest BCUT2D eigenvalue weighted by molar-refractivity contribution is 5.77. The van der Waals surface area contributed by atoms with Crippen LogP contribution in [-0.2, 0) is 9.53 Å². The van der Waals surface area contributed by atoms with Gasteiger partial charge in [0.15, 0.2) is 18.1 Å². The van der Waals surface area contributed by atoms with Crippen LogP contribution in [0.4, 0.5) is 0 Å². The Morgan fingerprint density at radius 1 is 1.32 bits per heavy atom. The molecule has 25 heavy (non-hydrogen) atoms. The molecule has 1 aliphatic heterocycles. The molecule has 0 spiro atoms. The molecule has 1 aromatic rings. The molecule has 1 saturated heterocycles. The summed E-state index contributed by atoms with van der Waals surface area (Å²) in [7, 11) is 3.40. The minimum atomic E-state index is -0.0483. The number of morpholine rings is 1. The van der Waals surface area contributed by atoms with Crippen molar-refractivity contribution in [1.29, 1.82) is 0 Å². The first-order valence-electron chi connectivity index (χ1n) is 8.61. The van der Waals surface area contributed by atoms with Gasteiger partial charge in [-0.15, -0.1) is 0 Å². The Kier molecular flexibility index (Phi) is 7.76. The van der Waals surface area contributed by atoms with Crippen molar-refractivity contribution in [3.05, 3.63) is 29.8 Å². The molecular formula is C19H28N2O4. The fourth-order valence-corrected chi connectivity index (χ4v) is 2.59. The van der Waals surface area contributed by atoms with E-state index in [1.165, 1.54) is 0 Å². The van der Waals surface area contributed by atoms with Gasteiger partial charge in [-0.3, -0.25) is 9.69 Å². The Bertz CT molecular complexity index is 583. The van der Waals surface area contributed by atoms with Crippen LogP contribution in [0.15, 0.2) is 24.3 Å². The number of benzene rings is 1. The van der Waals surface area contributed by atoms with Crippen molar-refractivity contribution in [2.75, 3.05) is 60.2 Å². The fourth-order valence-electron chi connectivity index (χ4n) is 2.59. The number of amides is 1. The lowest BCUT2D eigenvalue weighted by Crippen LogP contribution is -2.42. The Labute approximate surface area is 150 Å². The molecule has 138 valence electrons. The maximum atomic E-state index is 12.3. The van der Waals surface area contributed by atoms with Crippen molar-refractivity contribution < 1.29 is 19.0 Å². The summed E-state index contributed by atoms with van der Waals surface area (Å²) < 4.78 is 16.3. The zero-order valence-corrected chi connectivity index (χ0v) is 15.4. The third kappa shape index (κ3) is 6.07. The predicted octanol–water partition coefficient (Wildman–Crippen LogP) is 1.90. The van der Waals surface area contributed by atoms with Crippen LogP contribution in [0.25, 0.3) is 6.08 Å². The molecule has 0 aromatic heterocycles. The lowest BCUT2D eigenvalue weighted by atomic mass is 10.2. The molecule has 0 aliphatic carbocycles. The molecule has 6 nitrogen and oxygen atoms in total. The summed E-state index contributed by atoms with van der Waals surface area (Å²) in [6, 6.07) is 5.65. The van der Waals surface area contributed by atoms with E-state index in [1.54, 1.807) is 19.1 Å². The van der Waals surface area contributed by atoms with E-state index in [2.05, 4.69) is 4.90 Å². The Hall–Kier alpha value is -2.05. The van der Waals surface area contributed by atoms with Crippen LogP contribution in [0, 0.1) is 0 Å². The summed E-state index contributed by atoms with van der Waals surface area (Å²) in [6.07, 6.45) is 3.94. The van der Waals surface area contributed by atoms with Crippen molar-refractivity contribution in [2.24, 2.45) is 0 Å². The van der Waals surface area contributed by atoms with E-state index >= 15 is 0 Å². The van der Waals surface area contributed by atoms with Gasteiger partial charge in [0.25, 0.3) is 5.91 Å². The standard InChI is InChI=1S/C19H28N2O4/c1-4-5-16-6-7-17(18(14-16)23-3)25-15-19(22)20(2)8-9-21-10-12-24-13-11-21/h4-7,14H,8-13,15H2,1-3H3/b5-4-. The minimum absolute atomic E-state index is 0.00106. The quantitative estimate of drug-likeness (QED) is 0.718. The molecule has 2 rings (SSSR count). The van der Waals surface area contributed by atoms with E-state index in [0.717, 1.165) is 38.4 Å². The number of methoxy groups -OCH3 is 1. The smallest absolute Gasteiger partial charge is 0.260 e. The summed E-state index contributed by atoms with van der Waals surface area (Å²) in [5.74, 6) is 1.15. The molecule has 0 saturated carbocycles. The van der Waals surface area contributed by atoms with Crippen LogP contribution in [-0.4, -0.2) is 75.9 Å². The third-order valence-electron chi connectivity index (χ3n) is 4.18. The summed E-state index contributed by atoms with van der Waals surface area (Å²) in [4.78, 5) is 16.3. The van der Waals surface area contributed by atoms with E-state index in [9.17, 15) is 4.79 Å². The normalized spacial score (nSPS) is 15.3. The number of nitrogens with zero attached hydrogens (tertiary/aromatic N) is 2. The molecule has 0 atom stereocenters. The van der Waals surface area contributed by atoms with Gasteiger partial charge in [0.2, 0.25) is 0 Å². The average molecular weight is 348 g/mol. The van der Waals surface area contributed by atoms with E-state index in [1.807, 2.05) is 37.3 Å². The van der Waals surface area contributed by atoms with Gasteiger partial charge in [0.1, 0.15) is 0 Å². The van der Waals surface area contributed by atoms with Crippen LogP contribution in [0.1, 0.15) is 12.5 Å². The maximum Gasteiger partial charge on any atom is 0.260 e. The lowest BCUT2D eigenvalue weighted by molar-refractivity contribution is -0.132. The van der Waals surface area contributed by atoms with Crippen LogP contribution < -0.4 is 9.47 Å². The molecular weight excluding hydrogens is 320 g/mol. The van der Waals surface area contributed by atoms with E-state index < -0.39 is 0 Å². The van der Waals surface area contributed by atoms with Gasteiger partial charge in [-0.1, -0.05) is 18.2 Å². The van der Waals surface area contributed by atoms with Crippen LogP contribution >= 0.6 is 0 Å². The maximum absolute atomic E-state index is 12.3. The largest absolute Gasteiger partial charge is 0.493 e. The lowest BCUT2D eigenvalue weighted by Gasteiger charge is -2.28. The number of likely N-dealkylation sites (N-methyl/N-ethyl adjacent to an activating group) is 1. The molecule has 0 bridgehead atoms. The molecule has 1 aliphatic rings. The van der Waals surface area contributed by atoms with Crippen LogP contribution in [0.2, 0.25) is 0 Å². The van der Waals surface area contributed by atoms with E-state index in [4.69, 9.17) is 14.2 Å². The zero-order valence-electron chi connectivity index (χ0n) is 15.4. The average Bonchev–Trinajstić information content (AvgIpc) is 2.65. The van der Waals surface area contributed by atoms with Crippen molar-refractivity contribution in [3.63, 3.8) is 0 Å². The number of rotatable bonds is 8. The minimum Gasteiger partial charge on any atom is -0.493 e. The first-order valence-corrected chi connectivity index (χ1v) is 8.61. The van der Waals surface area contributed by atoms with Gasteiger partial charge in [-0.2, -0.15) is 0 Å². The molecule has 0 N–H and O–H groups in total. The van der Waals surface area contributed by atoms with Gasteiger partial charge in [-0.25, -0.2) is 0 Å². The van der Waals surface area contributed by atoms with Crippen LogP contribution in [0.5, 0.6) is 11.5 Å². The summed E-state index contributed by atoms with van der Waals surface area (Å²) in [6.45, 7) is 6.88. The number of hydrogen-bond acceptors (Lipinski definition) is 5. The van der Waals surface area contributed by atoms with Crippen molar-refractivity contribution >= 4 is 12.0 Å². The van der Waals surface area contributed by atoms with Gasteiger partial charge in [-0.05, 0) is 24.6 Å². The second-order valence-electron chi connectivity index (χ2n) is 5.97. The SMILES string of the molecule is C/C=C\c1ccc(OCC(=O)N(C)CCN2CCOCC2)c(OC)c1. The number of ether oxygens (including phenoxy) is 3. The Balaban J connectivity index is 1.81. The van der Waals surface area contributed by atoms with Crippen molar-refractivity contribution in [1.82, 2.24) is 9.80 Å². The van der Waals surface area contributed by atoms with Gasteiger partial charge in [0.05, 0.1) is 20.3 Å². The molecule has 0 unspecified atom stereocenters. The molecule has 1 amide bonds. The monoisotopic (exact) mass is 348 g/mol. The summed E-state index contributed by atoms with van der Waals surface area (Å²) in [5, 5.41) is 0. The Morgan fingerprint density at radius 2 is 2.08 bits per heavy atom. The summed E-state index contributed by atoms with van der Waals surface area (Å²) >= 11 is 0. The number of carbonyl (C=O) groups excluding carboxylic acids is 1. The van der Waals surface area contributed by atoms with Crippen molar-refractivity contribution in [2.45, 2.75) is 6.92 Å². The topological polar surface area (TPSA) is 51.2 Å². The molecule has 1 fully saturated rings. The van der Waals surface area contributed by atoms with Gasteiger partial charge in [0, 0.05) is 33.2 Å². The summed E-state index contributed by atoms with van der Waals surface area (Å²) in [5.41, 5.74) is 1.03. The third-order valence-corrected chi connectivity index (χ3v) is 4.18. The molecule has 0 radical (unpaired) electrons. The van der Waals surface area contributed by atoms with E-state index in [-0.39, 0.29) is 12.5 Å². The number of allylic oxidation sites excluding steroid dienone is 1. The number of carbonyl (C=O) groups is 1. The first kappa shape index (κ1) is 19.3. The zero-order chi connectivity index (χ0) is 18.1. The second-order valence-corrected chi connectivity index (χ2v) is 5.97. The fraction of sp³-hybridized carbons (Fsp3) is 0.526. The predicted molar refractivity (Wildman–Crippen MR) is 98.1 cm³/mol. The van der Waals surface area contributed by atoms with Crippen molar-refractivity contribution in [3.8, 4) is 11.5 Å². The number of hydrogen-bond donors (Lipinski definition) is 0. The van der Waals surface area contributed by atoms with Crippen LogP contribution in [0.3, 0.4) is 0 Å². The molecule has 6 heteroatoms.